The second-order valence-corrected chi connectivity index (χ2v) is 6.36. The molecule has 0 aliphatic carbocycles. The van der Waals surface area contributed by atoms with E-state index in [-0.39, 0.29) is 17.4 Å². The molecule has 0 aromatic heterocycles. The minimum atomic E-state index is -0.0939. The molecule has 0 unspecified atom stereocenters. The summed E-state index contributed by atoms with van der Waals surface area (Å²) in [5.74, 6) is 0.725. The van der Waals surface area contributed by atoms with E-state index in [2.05, 4.69) is 20.8 Å². The molecule has 0 fully saturated rings. The maximum Gasteiger partial charge on any atom is 0.316 e. The number of aliphatic hydroxyl groups excluding tert-OH is 1. The monoisotopic (exact) mass is 224 g/mol. The third kappa shape index (κ3) is 4.36. The molecule has 1 aromatic rings. The van der Waals surface area contributed by atoms with Gasteiger partial charge in [-0.15, -0.1) is 0 Å². The molecule has 82 valence electrons. The lowest BCUT2D eigenvalue weighted by atomic mass is 10.2. The molecule has 0 heterocycles. The van der Waals surface area contributed by atoms with Gasteiger partial charge in [0.15, 0.2) is 0 Å². The van der Waals surface area contributed by atoms with E-state index >= 15 is 0 Å². The Labute approximate surface area is 92.7 Å². The third-order valence-electron chi connectivity index (χ3n) is 1.61. The summed E-state index contributed by atoms with van der Waals surface area (Å²) in [7, 11) is 0.320. The van der Waals surface area contributed by atoms with Crippen molar-refractivity contribution in [3.8, 4) is 11.5 Å². The number of hydrogen-bond donors (Lipinski definition) is 2. The molecule has 0 atom stereocenters. The van der Waals surface area contributed by atoms with Gasteiger partial charge in [-0.3, -0.25) is 0 Å². The zero-order chi connectivity index (χ0) is 11.5. The standard InChI is InChI=1S/C11H16O3Si/c1-11(2,3)15-14-10-5-8(7-12)4-9(13)6-10/h4-6,12-13H,7H2,1-3H3. The highest BCUT2D eigenvalue weighted by atomic mass is 28.2. The summed E-state index contributed by atoms with van der Waals surface area (Å²) in [6, 6.07) is 4.81. The first-order valence-electron chi connectivity index (χ1n) is 4.78. The summed E-state index contributed by atoms with van der Waals surface area (Å²) in [4.78, 5) is 0. The van der Waals surface area contributed by atoms with Crippen LogP contribution in [0.5, 0.6) is 11.5 Å². The summed E-state index contributed by atoms with van der Waals surface area (Å²) in [5, 5.41) is 18.4. The fourth-order valence-corrected chi connectivity index (χ4v) is 1.55. The van der Waals surface area contributed by atoms with Crippen LogP contribution in [0.2, 0.25) is 5.04 Å². The Morgan fingerprint density at radius 2 is 1.93 bits per heavy atom. The molecule has 1 aromatic carbocycles. The van der Waals surface area contributed by atoms with E-state index in [0.717, 1.165) is 0 Å². The van der Waals surface area contributed by atoms with Crippen molar-refractivity contribution in [1.82, 2.24) is 0 Å². The molecular formula is C11H16O3Si. The number of benzene rings is 1. The van der Waals surface area contributed by atoms with Crippen LogP contribution in [0.25, 0.3) is 0 Å². The lowest BCUT2D eigenvalue weighted by Gasteiger charge is -2.16. The van der Waals surface area contributed by atoms with E-state index in [0.29, 0.717) is 21.1 Å². The lowest BCUT2D eigenvalue weighted by Crippen LogP contribution is -2.15. The van der Waals surface area contributed by atoms with Gasteiger partial charge in [0.25, 0.3) is 0 Å². The first-order valence-corrected chi connectivity index (χ1v) is 5.69. The minimum absolute atomic E-state index is 0.0939. The van der Waals surface area contributed by atoms with E-state index in [4.69, 9.17) is 9.53 Å². The number of hydrogen-bond acceptors (Lipinski definition) is 3. The van der Waals surface area contributed by atoms with Crippen LogP contribution < -0.4 is 4.43 Å². The number of aromatic hydroxyl groups is 1. The molecule has 0 spiro atoms. The molecule has 0 aliphatic heterocycles. The van der Waals surface area contributed by atoms with Crippen molar-refractivity contribution in [3.05, 3.63) is 23.8 Å². The van der Waals surface area contributed by atoms with Gasteiger partial charge in [0.1, 0.15) is 11.5 Å². The fourth-order valence-electron chi connectivity index (χ4n) is 1.01. The first kappa shape index (κ1) is 12.1. The van der Waals surface area contributed by atoms with Gasteiger partial charge >= 0.3 is 9.76 Å². The average Bonchev–Trinajstić information content (AvgIpc) is 2.13. The van der Waals surface area contributed by atoms with Gasteiger partial charge in [-0.05, 0) is 22.7 Å². The van der Waals surface area contributed by atoms with E-state index in [9.17, 15) is 5.11 Å². The summed E-state index contributed by atoms with van der Waals surface area (Å²) >= 11 is 0. The first-order chi connectivity index (χ1) is 6.90. The normalized spacial score (nSPS) is 11.5. The van der Waals surface area contributed by atoms with E-state index in [1.807, 2.05) is 0 Å². The average molecular weight is 224 g/mol. The van der Waals surface area contributed by atoms with E-state index < -0.39 is 0 Å². The highest BCUT2D eigenvalue weighted by molar-refractivity contribution is 6.32. The van der Waals surface area contributed by atoms with Gasteiger partial charge in [0.2, 0.25) is 0 Å². The third-order valence-corrected chi connectivity index (χ3v) is 2.56. The van der Waals surface area contributed by atoms with Gasteiger partial charge in [0, 0.05) is 6.07 Å². The van der Waals surface area contributed by atoms with Gasteiger partial charge in [-0.2, -0.15) is 0 Å². The fraction of sp³-hybridized carbons (Fsp3) is 0.455. The second-order valence-electron chi connectivity index (χ2n) is 4.45. The molecule has 0 saturated heterocycles. The Morgan fingerprint density at radius 1 is 1.27 bits per heavy atom. The summed E-state index contributed by atoms with van der Waals surface area (Å²) in [6.07, 6.45) is 0. The number of phenolic OH excluding ortho intramolecular Hbond substituents is 1. The van der Waals surface area contributed by atoms with E-state index in [1.54, 1.807) is 12.1 Å². The summed E-state index contributed by atoms with van der Waals surface area (Å²) in [5.41, 5.74) is 0.656. The van der Waals surface area contributed by atoms with Crippen molar-refractivity contribution < 1.29 is 14.6 Å². The second kappa shape index (κ2) is 4.68. The van der Waals surface area contributed by atoms with Crippen LogP contribution in [-0.2, 0) is 6.61 Å². The Kier molecular flexibility index (Phi) is 3.76. The van der Waals surface area contributed by atoms with Crippen molar-refractivity contribution in [2.45, 2.75) is 32.4 Å². The predicted molar refractivity (Wildman–Crippen MR) is 60.1 cm³/mol. The molecule has 3 nitrogen and oxygen atoms in total. The molecule has 0 aliphatic rings. The molecule has 2 N–H and O–H groups in total. The lowest BCUT2D eigenvalue weighted by molar-refractivity contribution is 0.280. The largest absolute Gasteiger partial charge is 0.540 e. The van der Waals surface area contributed by atoms with Crippen molar-refractivity contribution in [1.29, 1.82) is 0 Å². The molecule has 0 amide bonds. The van der Waals surface area contributed by atoms with Crippen LogP contribution in [0.1, 0.15) is 26.3 Å². The van der Waals surface area contributed by atoms with Crippen molar-refractivity contribution in [2.75, 3.05) is 0 Å². The highest BCUT2D eigenvalue weighted by Crippen LogP contribution is 2.25. The topological polar surface area (TPSA) is 49.7 Å². The predicted octanol–water partition coefficient (Wildman–Crippen LogP) is 2.10. The number of phenols is 1. The SMILES string of the molecule is CC(C)(C)[Si]Oc1cc(O)cc(CO)c1. The van der Waals surface area contributed by atoms with Crippen LogP contribution in [-0.4, -0.2) is 20.0 Å². The van der Waals surface area contributed by atoms with Gasteiger partial charge < -0.3 is 14.6 Å². The molecule has 1 rings (SSSR count). The van der Waals surface area contributed by atoms with Crippen LogP contribution in [0.3, 0.4) is 0 Å². The van der Waals surface area contributed by atoms with Crippen LogP contribution in [0, 0.1) is 0 Å². The van der Waals surface area contributed by atoms with Gasteiger partial charge in [0.05, 0.1) is 6.61 Å². The van der Waals surface area contributed by atoms with Crippen LogP contribution >= 0.6 is 0 Å². The Balaban J connectivity index is 2.73. The maximum absolute atomic E-state index is 9.37. The number of rotatable bonds is 3. The molecular weight excluding hydrogens is 208 g/mol. The molecule has 0 saturated carbocycles. The Hall–Kier alpha value is -1.00. The molecule has 15 heavy (non-hydrogen) atoms. The molecule has 2 radical (unpaired) electrons. The maximum atomic E-state index is 9.37. The summed E-state index contributed by atoms with van der Waals surface area (Å²) < 4.78 is 5.55. The van der Waals surface area contributed by atoms with Crippen LogP contribution in [0.4, 0.5) is 0 Å². The smallest absolute Gasteiger partial charge is 0.316 e. The van der Waals surface area contributed by atoms with E-state index in [1.165, 1.54) is 6.07 Å². The van der Waals surface area contributed by atoms with Crippen molar-refractivity contribution in [3.63, 3.8) is 0 Å². The zero-order valence-corrected chi connectivity index (χ0v) is 10.2. The van der Waals surface area contributed by atoms with Crippen LogP contribution in [0.15, 0.2) is 18.2 Å². The van der Waals surface area contributed by atoms with Gasteiger partial charge in [-0.1, -0.05) is 20.8 Å². The van der Waals surface area contributed by atoms with Gasteiger partial charge in [-0.25, -0.2) is 0 Å². The minimum Gasteiger partial charge on any atom is -0.540 e. The quantitative estimate of drug-likeness (QED) is 0.773. The Bertz CT molecular complexity index is 331. The molecule has 0 bridgehead atoms. The summed E-state index contributed by atoms with van der Waals surface area (Å²) in [6.45, 7) is 6.16. The molecule has 4 heteroatoms. The zero-order valence-electron chi connectivity index (χ0n) is 9.24. The highest BCUT2D eigenvalue weighted by Gasteiger charge is 2.15. The number of aliphatic hydroxyl groups is 1. The van der Waals surface area contributed by atoms with Crippen molar-refractivity contribution >= 4 is 9.76 Å². The van der Waals surface area contributed by atoms with Crippen molar-refractivity contribution in [2.24, 2.45) is 0 Å². The Morgan fingerprint density at radius 3 is 2.47 bits per heavy atom.